The number of benzene rings is 2. The Kier molecular flexibility index (Phi) is 5.56. The molecule has 0 spiro atoms. The Balaban J connectivity index is 1.45. The van der Waals surface area contributed by atoms with Crippen molar-refractivity contribution in [3.8, 4) is 0 Å². The predicted octanol–water partition coefficient (Wildman–Crippen LogP) is 4.06. The number of imide groups is 1. The van der Waals surface area contributed by atoms with E-state index in [-0.39, 0.29) is 24.3 Å². The quantitative estimate of drug-likeness (QED) is 0.687. The van der Waals surface area contributed by atoms with Crippen LogP contribution in [0.25, 0.3) is 0 Å². The van der Waals surface area contributed by atoms with Gasteiger partial charge in [-0.1, -0.05) is 40.9 Å². The third kappa shape index (κ3) is 3.87. The lowest BCUT2D eigenvalue weighted by atomic mass is 10.1. The van der Waals surface area contributed by atoms with E-state index in [9.17, 15) is 9.59 Å². The van der Waals surface area contributed by atoms with E-state index in [1.807, 2.05) is 44.2 Å². The van der Waals surface area contributed by atoms with Crippen LogP contribution in [0.5, 0.6) is 0 Å². The van der Waals surface area contributed by atoms with E-state index < -0.39 is 0 Å². The number of rotatable bonds is 3. The van der Waals surface area contributed by atoms with E-state index >= 15 is 0 Å². The molecule has 152 valence electrons. The fraction of sp³-hybridized carbons (Fsp3) is 0.364. The smallest absolute Gasteiger partial charge is 0.251 e. The zero-order valence-electron chi connectivity index (χ0n) is 16.5. The van der Waals surface area contributed by atoms with Gasteiger partial charge in [-0.15, -0.1) is 0 Å². The second-order valence-electron chi connectivity index (χ2n) is 7.70. The molecule has 0 N–H and O–H groups in total. The molecule has 2 aromatic rings. The van der Waals surface area contributed by atoms with Crippen LogP contribution < -0.4 is 9.80 Å². The number of carbonyl (C=O) groups excluding carboxylic acids is 2. The molecule has 29 heavy (non-hydrogen) atoms. The minimum atomic E-state index is -0.390. The monoisotopic (exact) mass is 431 g/mol. The van der Waals surface area contributed by atoms with Crippen LogP contribution >= 0.6 is 23.2 Å². The maximum absolute atomic E-state index is 13.1. The first-order valence-electron chi connectivity index (χ1n) is 9.73. The number of nitrogens with zero attached hydrogens (tertiary/aromatic N) is 3. The molecule has 0 radical (unpaired) electrons. The molecule has 7 heteroatoms. The number of halogens is 2. The van der Waals surface area contributed by atoms with Gasteiger partial charge in [0.2, 0.25) is 5.91 Å². The average Bonchev–Trinajstić information content (AvgIpc) is 2.99. The Morgan fingerprint density at radius 2 is 1.62 bits per heavy atom. The Morgan fingerprint density at radius 3 is 2.28 bits per heavy atom. The lowest BCUT2D eigenvalue weighted by molar-refractivity contribution is -0.123. The summed E-state index contributed by atoms with van der Waals surface area (Å²) in [7, 11) is 0. The summed E-state index contributed by atoms with van der Waals surface area (Å²) in [6.07, 6.45) is 0.235. The normalized spacial score (nSPS) is 20.6. The lowest BCUT2D eigenvalue weighted by Gasteiger charge is -2.38. The van der Waals surface area contributed by atoms with Crippen molar-refractivity contribution >= 4 is 46.4 Å². The first kappa shape index (κ1) is 20.2. The third-order valence-electron chi connectivity index (χ3n) is 5.74. The molecular formula is C22H23Cl2N3O2. The molecule has 2 aromatic carbocycles. The van der Waals surface area contributed by atoms with Crippen molar-refractivity contribution < 1.29 is 9.59 Å². The van der Waals surface area contributed by atoms with E-state index in [1.54, 1.807) is 6.07 Å². The highest BCUT2D eigenvalue weighted by atomic mass is 35.5. The highest BCUT2D eigenvalue weighted by Gasteiger charge is 2.43. The summed E-state index contributed by atoms with van der Waals surface area (Å²) < 4.78 is 0. The van der Waals surface area contributed by atoms with Crippen LogP contribution in [-0.4, -0.2) is 48.9 Å². The molecule has 0 saturated carbocycles. The van der Waals surface area contributed by atoms with Crippen molar-refractivity contribution in [2.24, 2.45) is 0 Å². The summed E-state index contributed by atoms with van der Waals surface area (Å²) >= 11 is 12.2. The second-order valence-corrected chi connectivity index (χ2v) is 8.51. The third-order valence-corrected chi connectivity index (χ3v) is 6.48. The van der Waals surface area contributed by atoms with Crippen molar-refractivity contribution in [3.63, 3.8) is 0 Å². The average molecular weight is 432 g/mol. The van der Waals surface area contributed by atoms with Gasteiger partial charge < -0.3 is 4.90 Å². The maximum atomic E-state index is 13.1. The summed E-state index contributed by atoms with van der Waals surface area (Å²) in [5.74, 6) is -0.246. The molecule has 2 heterocycles. The zero-order chi connectivity index (χ0) is 20.7. The second kappa shape index (κ2) is 7.98. The van der Waals surface area contributed by atoms with Crippen LogP contribution in [0.3, 0.4) is 0 Å². The van der Waals surface area contributed by atoms with E-state index in [0.29, 0.717) is 28.8 Å². The summed E-state index contributed by atoms with van der Waals surface area (Å²) in [6.45, 7) is 6.89. The fourth-order valence-electron chi connectivity index (χ4n) is 4.18. The highest BCUT2D eigenvalue weighted by Crippen LogP contribution is 2.31. The van der Waals surface area contributed by atoms with Gasteiger partial charge in [0.05, 0.1) is 28.2 Å². The number of amides is 2. The Morgan fingerprint density at radius 1 is 0.897 bits per heavy atom. The van der Waals surface area contributed by atoms with Crippen molar-refractivity contribution in [1.82, 2.24) is 4.90 Å². The molecule has 2 aliphatic heterocycles. The Bertz CT molecular complexity index is 971. The molecule has 2 amide bonds. The number of piperazine rings is 1. The number of hydrogen-bond acceptors (Lipinski definition) is 4. The summed E-state index contributed by atoms with van der Waals surface area (Å²) in [6, 6.07) is 11.0. The standard InChI is InChI=1S/C22H23Cl2N3O2/c1-14-3-6-19(15(2)11-14)27-21(28)13-20(22(27)29)26-9-7-25(8-10-26)16-4-5-17(23)18(24)12-16/h3-6,11-12,20H,7-10,13H2,1-2H3/t20-/m0/s1. The molecule has 2 saturated heterocycles. The zero-order valence-corrected chi connectivity index (χ0v) is 18.0. The summed E-state index contributed by atoms with van der Waals surface area (Å²) in [5, 5.41) is 1.07. The van der Waals surface area contributed by atoms with Crippen molar-refractivity contribution in [2.45, 2.75) is 26.3 Å². The van der Waals surface area contributed by atoms with Gasteiger partial charge in [0, 0.05) is 31.9 Å². The van der Waals surface area contributed by atoms with Crippen LogP contribution in [0.15, 0.2) is 36.4 Å². The van der Waals surface area contributed by atoms with E-state index in [1.165, 1.54) is 4.90 Å². The molecule has 0 aliphatic carbocycles. The van der Waals surface area contributed by atoms with Crippen LogP contribution in [0.2, 0.25) is 10.0 Å². The maximum Gasteiger partial charge on any atom is 0.251 e. The minimum absolute atomic E-state index is 0.120. The topological polar surface area (TPSA) is 43.9 Å². The van der Waals surface area contributed by atoms with Gasteiger partial charge >= 0.3 is 0 Å². The summed E-state index contributed by atoms with van der Waals surface area (Å²) in [5.41, 5.74) is 3.77. The molecule has 0 bridgehead atoms. The van der Waals surface area contributed by atoms with E-state index in [4.69, 9.17) is 23.2 Å². The minimum Gasteiger partial charge on any atom is -0.369 e. The molecule has 2 fully saturated rings. The van der Waals surface area contributed by atoms with Gasteiger partial charge in [-0.25, -0.2) is 4.90 Å². The van der Waals surface area contributed by atoms with Crippen LogP contribution in [-0.2, 0) is 9.59 Å². The van der Waals surface area contributed by atoms with Gasteiger partial charge in [0.1, 0.15) is 0 Å². The molecule has 0 unspecified atom stereocenters. The highest BCUT2D eigenvalue weighted by molar-refractivity contribution is 6.42. The first-order valence-corrected chi connectivity index (χ1v) is 10.5. The van der Waals surface area contributed by atoms with Crippen LogP contribution in [0, 0.1) is 13.8 Å². The fourth-order valence-corrected chi connectivity index (χ4v) is 4.48. The predicted molar refractivity (Wildman–Crippen MR) is 117 cm³/mol. The molecule has 2 aliphatic rings. The largest absolute Gasteiger partial charge is 0.369 e. The molecular weight excluding hydrogens is 409 g/mol. The van der Waals surface area contributed by atoms with Gasteiger partial charge in [-0.2, -0.15) is 0 Å². The number of hydrogen-bond donors (Lipinski definition) is 0. The number of aryl methyl sites for hydroxylation is 2. The molecule has 0 aromatic heterocycles. The van der Waals surface area contributed by atoms with E-state index in [2.05, 4.69) is 9.80 Å². The first-order chi connectivity index (χ1) is 13.8. The van der Waals surface area contributed by atoms with Crippen molar-refractivity contribution in [2.75, 3.05) is 36.0 Å². The SMILES string of the molecule is Cc1ccc(N2C(=O)C[C@H](N3CCN(c4ccc(Cl)c(Cl)c4)CC3)C2=O)c(C)c1. The van der Waals surface area contributed by atoms with Crippen molar-refractivity contribution in [3.05, 3.63) is 57.6 Å². The van der Waals surface area contributed by atoms with Crippen LogP contribution in [0.4, 0.5) is 11.4 Å². The molecule has 1 atom stereocenters. The Hall–Kier alpha value is -2.08. The van der Waals surface area contributed by atoms with Gasteiger partial charge in [0.25, 0.3) is 5.91 Å². The molecule has 4 rings (SSSR count). The van der Waals surface area contributed by atoms with E-state index in [0.717, 1.165) is 29.9 Å². The van der Waals surface area contributed by atoms with Crippen LogP contribution in [0.1, 0.15) is 17.5 Å². The van der Waals surface area contributed by atoms with Crippen molar-refractivity contribution in [1.29, 1.82) is 0 Å². The van der Waals surface area contributed by atoms with Gasteiger partial charge in [0.15, 0.2) is 0 Å². The van der Waals surface area contributed by atoms with Gasteiger partial charge in [-0.3, -0.25) is 14.5 Å². The number of anilines is 2. The Labute approximate surface area is 180 Å². The lowest BCUT2D eigenvalue weighted by Crippen LogP contribution is -2.52. The number of carbonyl (C=O) groups is 2. The summed E-state index contributed by atoms with van der Waals surface area (Å²) in [4.78, 5) is 31.5. The molecule has 5 nitrogen and oxygen atoms in total. The van der Waals surface area contributed by atoms with Gasteiger partial charge in [-0.05, 0) is 43.7 Å².